The van der Waals surface area contributed by atoms with Crippen LogP contribution in [0.1, 0.15) is 56.7 Å². The van der Waals surface area contributed by atoms with Crippen LogP contribution in [-0.4, -0.2) is 10.1 Å². The van der Waals surface area contributed by atoms with Gasteiger partial charge in [0.25, 0.3) is 0 Å². The summed E-state index contributed by atoms with van der Waals surface area (Å²) in [5.41, 5.74) is 0. The average Bonchev–Trinajstić information content (AvgIpc) is 2.46. The monoisotopic (exact) mass is 194 g/mol. The van der Waals surface area contributed by atoms with E-state index in [1.54, 1.807) is 0 Å². The fraction of sp³-hybridized carbons (Fsp3) is 0.818. The van der Waals surface area contributed by atoms with Crippen LogP contribution in [0.25, 0.3) is 0 Å². The minimum atomic E-state index is 0.539. The Balaban J connectivity index is 2.04. The zero-order chi connectivity index (χ0) is 9.97. The zero-order valence-electron chi connectivity index (χ0n) is 8.99. The first-order valence-electron chi connectivity index (χ1n) is 5.56. The molecule has 0 radical (unpaired) electrons. The van der Waals surface area contributed by atoms with E-state index < -0.39 is 0 Å². The van der Waals surface area contributed by atoms with Crippen LogP contribution in [0.15, 0.2) is 4.52 Å². The molecule has 0 spiro atoms. The number of hydrogen-bond acceptors (Lipinski definition) is 3. The molecule has 0 aliphatic heterocycles. The molecule has 1 aliphatic carbocycles. The van der Waals surface area contributed by atoms with Crippen LogP contribution >= 0.6 is 0 Å². The Morgan fingerprint density at radius 3 is 2.79 bits per heavy atom. The van der Waals surface area contributed by atoms with Crippen molar-refractivity contribution in [1.29, 1.82) is 0 Å². The van der Waals surface area contributed by atoms with Gasteiger partial charge in [0, 0.05) is 12.8 Å². The second-order valence-corrected chi connectivity index (χ2v) is 4.48. The van der Waals surface area contributed by atoms with Gasteiger partial charge in [-0.1, -0.05) is 31.3 Å². The van der Waals surface area contributed by atoms with E-state index in [9.17, 15) is 0 Å². The van der Waals surface area contributed by atoms with Crippen molar-refractivity contribution in [2.45, 2.75) is 51.9 Å². The number of hydrogen-bond donors (Lipinski definition) is 0. The topological polar surface area (TPSA) is 38.9 Å². The van der Waals surface area contributed by atoms with Gasteiger partial charge in [-0.2, -0.15) is 4.98 Å². The number of aryl methyl sites for hydroxylation is 1. The lowest BCUT2D eigenvalue weighted by Crippen LogP contribution is -2.00. The maximum Gasteiger partial charge on any atom is 0.223 e. The molecule has 0 bridgehead atoms. The van der Waals surface area contributed by atoms with Crippen molar-refractivity contribution in [3.05, 3.63) is 11.7 Å². The van der Waals surface area contributed by atoms with Gasteiger partial charge in [-0.25, -0.2) is 0 Å². The van der Waals surface area contributed by atoms with Crippen LogP contribution < -0.4 is 0 Å². The summed E-state index contributed by atoms with van der Waals surface area (Å²) in [6.07, 6.45) is 6.41. The maximum absolute atomic E-state index is 5.02. The van der Waals surface area contributed by atoms with Crippen LogP contribution in [-0.2, 0) is 0 Å². The minimum Gasteiger partial charge on any atom is -0.340 e. The normalized spacial score (nSPS) is 28.7. The fourth-order valence-electron chi connectivity index (χ4n) is 2.23. The number of nitrogens with zero attached hydrogens (tertiary/aromatic N) is 2. The van der Waals surface area contributed by atoms with E-state index in [0.717, 1.165) is 11.7 Å². The molecule has 3 nitrogen and oxygen atoms in total. The van der Waals surface area contributed by atoms with Gasteiger partial charge >= 0.3 is 0 Å². The molecular formula is C11H18N2O. The first kappa shape index (κ1) is 9.69. The van der Waals surface area contributed by atoms with Crippen molar-refractivity contribution in [3.8, 4) is 0 Å². The van der Waals surface area contributed by atoms with Crippen molar-refractivity contribution < 1.29 is 4.52 Å². The Hall–Kier alpha value is -0.860. The van der Waals surface area contributed by atoms with Gasteiger partial charge in [-0.05, 0) is 18.8 Å². The van der Waals surface area contributed by atoms with Gasteiger partial charge in [-0.15, -0.1) is 0 Å². The summed E-state index contributed by atoms with van der Waals surface area (Å²) in [7, 11) is 0. The predicted octanol–water partition coefficient (Wildman–Crippen LogP) is 3.06. The highest BCUT2D eigenvalue weighted by Crippen LogP contribution is 2.32. The lowest BCUT2D eigenvalue weighted by atomic mass is 9.99. The van der Waals surface area contributed by atoms with Crippen LogP contribution in [0.2, 0.25) is 0 Å². The van der Waals surface area contributed by atoms with Gasteiger partial charge in [-0.3, -0.25) is 0 Å². The molecule has 1 aromatic heterocycles. The molecule has 1 heterocycles. The third kappa shape index (κ3) is 2.14. The molecule has 1 aromatic rings. The largest absolute Gasteiger partial charge is 0.340 e. The molecule has 0 amide bonds. The van der Waals surface area contributed by atoms with Crippen molar-refractivity contribution in [3.63, 3.8) is 0 Å². The van der Waals surface area contributed by atoms with Gasteiger partial charge in [0.2, 0.25) is 5.89 Å². The van der Waals surface area contributed by atoms with Gasteiger partial charge in [0.15, 0.2) is 5.82 Å². The summed E-state index contributed by atoms with van der Waals surface area (Å²) < 4.78 is 5.02. The molecular weight excluding hydrogens is 176 g/mol. The second kappa shape index (κ2) is 4.11. The summed E-state index contributed by atoms with van der Waals surface area (Å²) >= 11 is 0. The van der Waals surface area contributed by atoms with E-state index in [2.05, 4.69) is 17.1 Å². The second-order valence-electron chi connectivity index (χ2n) is 4.48. The molecule has 0 saturated heterocycles. The Morgan fingerprint density at radius 2 is 2.07 bits per heavy atom. The summed E-state index contributed by atoms with van der Waals surface area (Å²) in [6.45, 7) is 4.19. The van der Waals surface area contributed by atoms with Crippen LogP contribution in [0.3, 0.4) is 0 Å². The van der Waals surface area contributed by atoms with Gasteiger partial charge in [0.1, 0.15) is 0 Å². The summed E-state index contributed by atoms with van der Waals surface area (Å²) in [4.78, 5) is 4.32. The highest BCUT2D eigenvalue weighted by molar-refractivity contribution is 4.95. The lowest BCUT2D eigenvalue weighted by Gasteiger charge is -2.08. The Labute approximate surface area is 84.9 Å². The van der Waals surface area contributed by atoms with E-state index in [-0.39, 0.29) is 0 Å². The quantitative estimate of drug-likeness (QED) is 0.645. The summed E-state index contributed by atoms with van der Waals surface area (Å²) in [5, 5.41) is 4.02. The highest BCUT2D eigenvalue weighted by atomic mass is 16.5. The standard InChI is InChI=1S/C11H18N2O/c1-8-4-3-5-10(7-6-8)11-12-9(2)14-13-11/h8,10H,3-7H2,1-2H3. The predicted molar refractivity (Wildman–Crippen MR) is 54.0 cm³/mol. The van der Waals surface area contributed by atoms with E-state index in [4.69, 9.17) is 4.52 Å². The van der Waals surface area contributed by atoms with Gasteiger partial charge < -0.3 is 4.52 Å². The maximum atomic E-state index is 5.02. The first-order chi connectivity index (χ1) is 6.75. The lowest BCUT2D eigenvalue weighted by molar-refractivity contribution is 0.379. The smallest absolute Gasteiger partial charge is 0.223 e. The first-order valence-corrected chi connectivity index (χ1v) is 5.56. The molecule has 3 heteroatoms. The van der Waals surface area contributed by atoms with Crippen LogP contribution in [0.5, 0.6) is 0 Å². The minimum absolute atomic E-state index is 0.539. The molecule has 0 N–H and O–H groups in total. The summed E-state index contributed by atoms with van der Waals surface area (Å²) in [6, 6.07) is 0. The summed E-state index contributed by atoms with van der Waals surface area (Å²) in [5.74, 6) is 3.03. The van der Waals surface area contributed by atoms with E-state index in [0.29, 0.717) is 11.8 Å². The molecule has 78 valence electrons. The molecule has 0 aromatic carbocycles. The molecule has 2 unspecified atom stereocenters. The zero-order valence-corrected chi connectivity index (χ0v) is 8.99. The molecule has 14 heavy (non-hydrogen) atoms. The van der Waals surface area contributed by atoms with E-state index >= 15 is 0 Å². The molecule has 2 atom stereocenters. The fourth-order valence-corrected chi connectivity index (χ4v) is 2.23. The van der Waals surface area contributed by atoms with Gasteiger partial charge in [0.05, 0.1) is 0 Å². The number of aromatic nitrogens is 2. The highest BCUT2D eigenvalue weighted by Gasteiger charge is 2.21. The SMILES string of the molecule is Cc1nc(C2CCCC(C)CC2)no1. The van der Waals surface area contributed by atoms with Crippen molar-refractivity contribution in [1.82, 2.24) is 10.1 Å². The average molecular weight is 194 g/mol. The van der Waals surface area contributed by atoms with Crippen molar-refractivity contribution >= 4 is 0 Å². The third-order valence-electron chi connectivity index (χ3n) is 3.17. The molecule has 1 fully saturated rings. The van der Waals surface area contributed by atoms with Crippen molar-refractivity contribution in [2.24, 2.45) is 5.92 Å². The van der Waals surface area contributed by atoms with E-state index in [1.165, 1.54) is 32.1 Å². The Kier molecular flexibility index (Phi) is 2.85. The molecule has 2 rings (SSSR count). The van der Waals surface area contributed by atoms with Crippen LogP contribution in [0, 0.1) is 12.8 Å². The number of rotatable bonds is 1. The Morgan fingerprint density at radius 1 is 1.21 bits per heavy atom. The Bertz CT molecular complexity index is 295. The molecule has 1 aliphatic rings. The third-order valence-corrected chi connectivity index (χ3v) is 3.17. The van der Waals surface area contributed by atoms with E-state index in [1.807, 2.05) is 6.92 Å². The van der Waals surface area contributed by atoms with Crippen molar-refractivity contribution in [2.75, 3.05) is 0 Å². The molecule has 1 saturated carbocycles. The van der Waals surface area contributed by atoms with Crippen LogP contribution in [0.4, 0.5) is 0 Å².